The third-order valence-electron chi connectivity index (χ3n) is 2.35. The van der Waals surface area contributed by atoms with Gasteiger partial charge in [0.2, 0.25) is 0 Å². The zero-order valence-electron chi connectivity index (χ0n) is 8.78. The summed E-state index contributed by atoms with van der Waals surface area (Å²) < 4.78 is 39.3. The van der Waals surface area contributed by atoms with Crippen LogP contribution < -0.4 is 0 Å². The van der Waals surface area contributed by atoms with Crippen molar-refractivity contribution >= 4 is 10.9 Å². The minimum atomic E-state index is -4.49. The maximum atomic E-state index is 12.7. The molecule has 92 valence electrons. The fourth-order valence-electron chi connectivity index (χ4n) is 1.62. The Bertz CT molecular complexity index is 521. The second kappa shape index (κ2) is 4.33. The van der Waals surface area contributed by atoms with E-state index in [2.05, 4.69) is 10.1 Å². The summed E-state index contributed by atoms with van der Waals surface area (Å²) in [4.78, 5) is 3.68. The molecule has 0 amide bonds. The molecular formula is C10H10F3N3O. The third kappa shape index (κ3) is 2.23. The minimum Gasteiger partial charge on any atom is -0.396 e. The van der Waals surface area contributed by atoms with E-state index in [1.54, 1.807) is 0 Å². The van der Waals surface area contributed by atoms with Crippen molar-refractivity contribution in [2.45, 2.75) is 19.1 Å². The van der Waals surface area contributed by atoms with Gasteiger partial charge in [-0.15, -0.1) is 0 Å². The van der Waals surface area contributed by atoms with E-state index >= 15 is 0 Å². The van der Waals surface area contributed by atoms with Gasteiger partial charge in [-0.1, -0.05) is 0 Å². The van der Waals surface area contributed by atoms with Crippen LogP contribution in [0, 0.1) is 0 Å². The lowest BCUT2D eigenvalue weighted by Crippen LogP contribution is -2.08. The van der Waals surface area contributed by atoms with Crippen LogP contribution in [0.5, 0.6) is 0 Å². The zero-order valence-corrected chi connectivity index (χ0v) is 8.78. The van der Waals surface area contributed by atoms with E-state index < -0.39 is 11.9 Å². The van der Waals surface area contributed by atoms with Gasteiger partial charge in [-0.2, -0.15) is 18.3 Å². The van der Waals surface area contributed by atoms with E-state index in [0.29, 0.717) is 11.9 Å². The molecule has 0 unspecified atom stereocenters. The van der Waals surface area contributed by atoms with Crippen molar-refractivity contribution < 1.29 is 18.3 Å². The first kappa shape index (κ1) is 11.8. The summed E-state index contributed by atoms with van der Waals surface area (Å²) in [5.74, 6) is 0. The standard InChI is InChI=1S/C10H10F3N3O/c11-10(12,13)9-7-6-14-3-2-8(7)16(15-9)4-1-5-17/h2-3,6,17H,1,4-5H2. The first-order valence-electron chi connectivity index (χ1n) is 5.02. The monoisotopic (exact) mass is 245 g/mol. The number of aromatic nitrogens is 3. The maximum Gasteiger partial charge on any atom is 0.435 e. The lowest BCUT2D eigenvalue weighted by atomic mass is 10.2. The largest absolute Gasteiger partial charge is 0.435 e. The van der Waals surface area contributed by atoms with Gasteiger partial charge >= 0.3 is 6.18 Å². The molecule has 1 N–H and O–H groups in total. The van der Waals surface area contributed by atoms with Crippen molar-refractivity contribution in [3.05, 3.63) is 24.2 Å². The van der Waals surface area contributed by atoms with Crippen molar-refractivity contribution in [1.29, 1.82) is 0 Å². The molecular weight excluding hydrogens is 235 g/mol. The van der Waals surface area contributed by atoms with Crippen LogP contribution in [0.3, 0.4) is 0 Å². The Kier molecular flexibility index (Phi) is 3.01. The Morgan fingerprint density at radius 1 is 1.35 bits per heavy atom. The summed E-state index contributed by atoms with van der Waals surface area (Å²) in [5, 5.41) is 12.2. The van der Waals surface area contributed by atoms with Gasteiger partial charge in [0.1, 0.15) is 0 Å². The number of halogens is 3. The van der Waals surface area contributed by atoms with Crippen LogP contribution in [-0.2, 0) is 12.7 Å². The molecule has 7 heteroatoms. The molecule has 0 aliphatic carbocycles. The number of aryl methyl sites for hydroxylation is 1. The highest BCUT2D eigenvalue weighted by Crippen LogP contribution is 2.33. The smallest absolute Gasteiger partial charge is 0.396 e. The molecule has 0 aromatic carbocycles. The van der Waals surface area contributed by atoms with Crippen LogP contribution in [0.1, 0.15) is 12.1 Å². The summed E-state index contributed by atoms with van der Waals surface area (Å²) in [6.07, 6.45) is -1.57. The molecule has 2 rings (SSSR count). The number of pyridine rings is 1. The number of rotatable bonds is 3. The molecule has 0 saturated heterocycles. The molecule has 0 aliphatic heterocycles. The second-order valence-electron chi connectivity index (χ2n) is 3.54. The van der Waals surface area contributed by atoms with Crippen molar-refractivity contribution in [3.63, 3.8) is 0 Å². The number of alkyl halides is 3. The summed E-state index contributed by atoms with van der Waals surface area (Å²) in [6.45, 7) is 0.154. The fourth-order valence-corrected chi connectivity index (χ4v) is 1.62. The normalized spacial score (nSPS) is 12.2. The molecule has 0 saturated carbocycles. The predicted molar refractivity (Wildman–Crippen MR) is 54.2 cm³/mol. The summed E-state index contributed by atoms with van der Waals surface area (Å²) in [6, 6.07) is 1.48. The van der Waals surface area contributed by atoms with Crippen LogP contribution in [0.2, 0.25) is 0 Å². The zero-order chi connectivity index (χ0) is 12.5. The van der Waals surface area contributed by atoms with E-state index in [0.717, 1.165) is 6.20 Å². The Labute approximate surface area is 94.7 Å². The van der Waals surface area contributed by atoms with Gasteiger partial charge < -0.3 is 5.11 Å². The van der Waals surface area contributed by atoms with Crippen molar-refractivity contribution in [3.8, 4) is 0 Å². The molecule has 2 aromatic heterocycles. The first-order chi connectivity index (χ1) is 8.04. The molecule has 2 heterocycles. The highest BCUT2D eigenvalue weighted by molar-refractivity contribution is 5.81. The molecule has 0 radical (unpaired) electrons. The van der Waals surface area contributed by atoms with Crippen LogP contribution in [0.4, 0.5) is 13.2 Å². The molecule has 0 bridgehead atoms. The van der Waals surface area contributed by atoms with E-state index in [1.165, 1.54) is 16.9 Å². The molecule has 2 aromatic rings. The van der Waals surface area contributed by atoms with Crippen molar-refractivity contribution in [1.82, 2.24) is 14.8 Å². The second-order valence-corrected chi connectivity index (χ2v) is 3.54. The summed E-state index contributed by atoms with van der Waals surface area (Å²) in [5.41, 5.74) is -0.556. The SMILES string of the molecule is OCCCn1nc(C(F)(F)F)c2cnccc21. The molecule has 0 spiro atoms. The van der Waals surface area contributed by atoms with Gasteiger partial charge in [0.25, 0.3) is 0 Å². The number of fused-ring (bicyclic) bond motifs is 1. The maximum absolute atomic E-state index is 12.7. The Balaban J connectivity index is 2.55. The molecule has 0 fully saturated rings. The van der Waals surface area contributed by atoms with Crippen LogP contribution >= 0.6 is 0 Å². The Morgan fingerprint density at radius 3 is 2.76 bits per heavy atom. The van der Waals surface area contributed by atoms with Gasteiger partial charge in [0.05, 0.1) is 10.9 Å². The minimum absolute atomic E-state index is 0.0158. The quantitative estimate of drug-likeness (QED) is 0.897. The predicted octanol–water partition coefficient (Wildman–Crippen LogP) is 1.83. The van der Waals surface area contributed by atoms with Crippen LogP contribution in [0.25, 0.3) is 10.9 Å². The van der Waals surface area contributed by atoms with Gasteiger partial charge in [-0.05, 0) is 12.5 Å². The van der Waals surface area contributed by atoms with E-state index in [9.17, 15) is 13.2 Å². The lowest BCUT2D eigenvalue weighted by Gasteiger charge is -2.01. The molecule has 4 nitrogen and oxygen atoms in total. The topological polar surface area (TPSA) is 50.9 Å². The lowest BCUT2D eigenvalue weighted by molar-refractivity contribution is -0.140. The van der Waals surface area contributed by atoms with Gasteiger partial charge in [-0.3, -0.25) is 9.67 Å². The molecule has 0 atom stereocenters. The summed E-state index contributed by atoms with van der Waals surface area (Å²) in [7, 11) is 0. The summed E-state index contributed by atoms with van der Waals surface area (Å²) >= 11 is 0. The number of hydrogen-bond donors (Lipinski definition) is 1. The van der Waals surface area contributed by atoms with Gasteiger partial charge in [0, 0.05) is 25.5 Å². The van der Waals surface area contributed by atoms with Crippen LogP contribution in [-0.4, -0.2) is 26.5 Å². The molecule has 0 aliphatic rings. The highest BCUT2D eigenvalue weighted by Gasteiger charge is 2.36. The number of hydrogen-bond acceptors (Lipinski definition) is 3. The van der Waals surface area contributed by atoms with Crippen molar-refractivity contribution in [2.24, 2.45) is 0 Å². The molecule has 17 heavy (non-hydrogen) atoms. The highest BCUT2D eigenvalue weighted by atomic mass is 19.4. The van der Waals surface area contributed by atoms with Crippen LogP contribution in [0.15, 0.2) is 18.5 Å². The first-order valence-corrected chi connectivity index (χ1v) is 5.02. The average Bonchev–Trinajstić information content (AvgIpc) is 2.65. The van der Waals surface area contributed by atoms with Crippen molar-refractivity contribution in [2.75, 3.05) is 6.61 Å². The third-order valence-corrected chi connectivity index (χ3v) is 2.35. The number of aliphatic hydroxyl groups excluding tert-OH is 1. The van der Waals surface area contributed by atoms with E-state index in [-0.39, 0.29) is 18.5 Å². The number of aliphatic hydroxyl groups is 1. The Morgan fingerprint density at radius 2 is 2.12 bits per heavy atom. The van der Waals surface area contributed by atoms with E-state index in [4.69, 9.17) is 5.11 Å². The number of nitrogens with zero attached hydrogens (tertiary/aromatic N) is 3. The Hall–Kier alpha value is -1.63. The average molecular weight is 245 g/mol. The van der Waals surface area contributed by atoms with E-state index in [1.807, 2.05) is 0 Å². The van der Waals surface area contributed by atoms with Gasteiger partial charge in [0.15, 0.2) is 5.69 Å². The fraction of sp³-hybridized carbons (Fsp3) is 0.400. The van der Waals surface area contributed by atoms with Gasteiger partial charge in [-0.25, -0.2) is 0 Å².